The molecule has 10 aromatic carbocycles. The van der Waals surface area contributed by atoms with Gasteiger partial charge >= 0.3 is 0 Å². The fraction of sp³-hybridized carbons (Fsp3) is 0.0156. The van der Waals surface area contributed by atoms with E-state index in [0.717, 1.165) is 55.4 Å². The number of hydrogen-bond acceptors (Lipinski definition) is 4. The van der Waals surface area contributed by atoms with Crippen molar-refractivity contribution in [2.24, 2.45) is 0 Å². The van der Waals surface area contributed by atoms with Crippen molar-refractivity contribution in [2.75, 3.05) is 0 Å². The zero-order chi connectivity index (χ0) is 45.2. The van der Waals surface area contributed by atoms with Gasteiger partial charge < -0.3 is 8.98 Å². The van der Waals surface area contributed by atoms with E-state index in [1.807, 2.05) is 60.7 Å². The van der Waals surface area contributed by atoms with Crippen molar-refractivity contribution in [3.05, 3.63) is 253 Å². The Bertz CT molecular complexity index is 4130. The largest absolute Gasteiger partial charge is 0.456 e. The maximum atomic E-state index is 6.99. The summed E-state index contributed by atoms with van der Waals surface area (Å²) in [6.45, 7) is 0. The van der Waals surface area contributed by atoms with Crippen molar-refractivity contribution in [3.8, 4) is 73.2 Å². The van der Waals surface area contributed by atoms with Crippen molar-refractivity contribution in [1.29, 1.82) is 0 Å². The molecule has 15 rings (SSSR count). The normalized spacial score (nSPS) is 13.0. The zero-order valence-electron chi connectivity index (χ0n) is 37.1. The van der Waals surface area contributed by atoms with Crippen LogP contribution in [0.5, 0.6) is 0 Å². The lowest BCUT2D eigenvalue weighted by molar-refractivity contribution is 0.668. The second kappa shape index (κ2) is 14.4. The maximum Gasteiger partial charge on any atom is 0.164 e. The fourth-order valence-electron chi connectivity index (χ4n) is 11.7. The van der Waals surface area contributed by atoms with Crippen LogP contribution in [0.15, 0.2) is 235 Å². The quantitative estimate of drug-likeness (QED) is 0.173. The Morgan fingerprint density at radius 1 is 0.333 bits per heavy atom. The lowest BCUT2D eigenvalue weighted by Gasteiger charge is -2.31. The first-order valence-corrected chi connectivity index (χ1v) is 23.5. The van der Waals surface area contributed by atoms with Crippen LogP contribution in [0.3, 0.4) is 0 Å². The minimum absolute atomic E-state index is 0.593. The second-order valence-electron chi connectivity index (χ2n) is 18.2. The highest BCUT2D eigenvalue weighted by atomic mass is 16.3. The van der Waals surface area contributed by atoms with E-state index in [4.69, 9.17) is 19.4 Å². The molecule has 2 aliphatic rings. The van der Waals surface area contributed by atoms with E-state index in [9.17, 15) is 0 Å². The van der Waals surface area contributed by atoms with Gasteiger partial charge in [0.1, 0.15) is 11.2 Å². The van der Waals surface area contributed by atoms with Crippen LogP contribution in [0.25, 0.3) is 117 Å². The number of nitrogens with zero attached hydrogens (tertiary/aromatic N) is 4. The van der Waals surface area contributed by atoms with Crippen molar-refractivity contribution < 1.29 is 4.42 Å². The molecule has 0 saturated carbocycles. The molecule has 3 aromatic heterocycles. The van der Waals surface area contributed by atoms with E-state index >= 15 is 0 Å². The van der Waals surface area contributed by atoms with Gasteiger partial charge in [0.25, 0.3) is 0 Å². The van der Waals surface area contributed by atoms with E-state index < -0.39 is 5.41 Å². The summed E-state index contributed by atoms with van der Waals surface area (Å²) in [4.78, 5) is 14.8. The number of furan rings is 1. The summed E-state index contributed by atoms with van der Waals surface area (Å²) in [5.74, 6) is 1.91. The Labute approximate surface area is 397 Å². The molecular formula is C64H38N4O. The minimum atomic E-state index is -0.593. The third-order valence-electron chi connectivity index (χ3n) is 14.7. The van der Waals surface area contributed by atoms with Gasteiger partial charge in [-0.2, -0.15) is 0 Å². The minimum Gasteiger partial charge on any atom is -0.456 e. The number of benzene rings is 10. The monoisotopic (exact) mass is 878 g/mol. The van der Waals surface area contributed by atoms with Gasteiger partial charge in [0.15, 0.2) is 17.5 Å². The Hall–Kier alpha value is -9.19. The maximum absolute atomic E-state index is 6.99. The molecule has 3 heterocycles. The van der Waals surface area contributed by atoms with Crippen LogP contribution in [0, 0.1) is 0 Å². The Morgan fingerprint density at radius 3 is 1.55 bits per heavy atom. The molecule has 320 valence electrons. The SMILES string of the molecule is c1ccc(-c2nc(-c3ccccc3)nc(-c3ccc(-c4ccc5c(c4)oc4ccc6c(c45)C4(c5ccccc5-c5ccccc54)c4cc5c(cc4-6)c4ccccc4n5-c4ccccc4)cc3)n2)cc1. The molecule has 0 fully saturated rings. The first-order valence-electron chi connectivity index (χ1n) is 23.5. The van der Waals surface area contributed by atoms with Crippen molar-refractivity contribution in [1.82, 2.24) is 19.5 Å². The molecule has 5 heteroatoms. The smallest absolute Gasteiger partial charge is 0.164 e. The molecule has 69 heavy (non-hydrogen) atoms. The van der Waals surface area contributed by atoms with Gasteiger partial charge in [0.2, 0.25) is 0 Å². The van der Waals surface area contributed by atoms with Gasteiger partial charge in [0.05, 0.1) is 16.4 Å². The fourth-order valence-corrected chi connectivity index (χ4v) is 11.7. The lowest BCUT2D eigenvalue weighted by Crippen LogP contribution is -2.26. The van der Waals surface area contributed by atoms with Crippen LogP contribution in [-0.4, -0.2) is 19.5 Å². The molecule has 0 radical (unpaired) electrons. The summed E-state index contributed by atoms with van der Waals surface area (Å²) in [6.07, 6.45) is 0. The van der Waals surface area contributed by atoms with Gasteiger partial charge in [0, 0.05) is 43.9 Å². The van der Waals surface area contributed by atoms with Crippen molar-refractivity contribution in [2.45, 2.75) is 5.41 Å². The summed E-state index contributed by atoms with van der Waals surface area (Å²) in [7, 11) is 0. The highest BCUT2D eigenvalue weighted by Crippen LogP contribution is 2.65. The molecular weight excluding hydrogens is 841 g/mol. The average Bonchev–Trinajstić information content (AvgIpc) is 4.14. The molecule has 0 aliphatic heterocycles. The number of hydrogen-bond donors (Lipinski definition) is 0. The van der Waals surface area contributed by atoms with E-state index in [0.29, 0.717) is 17.5 Å². The van der Waals surface area contributed by atoms with Crippen LogP contribution in [0.1, 0.15) is 22.3 Å². The molecule has 0 N–H and O–H groups in total. The van der Waals surface area contributed by atoms with E-state index in [2.05, 4.69) is 174 Å². The number of rotatable bonds is 5. The van der Waals surface area contributed by atoms with E-state index in [-0.39, 0.29) is 0 Å². The van der Waals surface area contributed by atoms with Crippen LogP contribution in [-0.2, 0) is 5.41 Å². The molecule has 13 aromatic rings. The summed E-state index contributed by atoms with van der Waals surface area (Å²) in [6, 6.07) is 82.6. The molecule has 0 atom stereocenters. The van der Waals surface area contributed by atoms with Gasteiger partial charge in [-0.1, -0.05) is 182 Å². The average molecular weight is 879 g/mol. The van der Waals surface area contributed by atoms with E-state index in [1.54, 1.807) is 0 Å². The summed E-state index contributed by atoms with van der Waals surface area (Å²) < 4.78 is 9.43. The zero-order valence-corrected chi connectivity index (χ0v) is 37.1. The highest BCUT2D eigenvalue weighted by Gasteiger charge is 2.53. The predicted molar refractivity (Wildman–Crippen MR) is 279 cm³/mol. The van der Waals surface area contributed by atoms with Gasteiger partial charge in [-0.05, 0) is 104 Å². The van der Waals surface area contributed by atoms with Gasteiger partial charge in [-0.15, -0.1) is 0 Å². The Kier molecular flexibility index (Phi) is 7.93. The third kappa shape index (κ3) is 5.38. The number of aromatic nitrogens is 4. The van der Waals surface area contributed by atoms with Crippen LogP contribution in [0.2, 0.25) is 0 Å². The van der Waals surface area contributed by atoms with Crippen LogP contribution >= 0.6 is 0 Å². The topological polar surface area (TPSA) is 56.7 Å². The lowest BCUT2D eigenvalue weighted by atomic mass is 9.69. The summed E-state index contributed by atoms with van der Waals surface area (Å²) >= 11 is 0. The first kappa shape index (κ1) is 38.0. The molecule has 1 spiro atoms. The molecule has 0 bridgehead atoms. The number of fused-ring (bicyclic) bond motifs is 17. The number of para-hydroxylation sites is 2. The van der Waals surface area contributed by atoms with Crippen LogP contribution in [0.4, 0.5) is 0 Å². The third-order valence-corrected chi connectivity index (χ3v) is 14.7. The van der Waals surface area contributed by atoms with Crippen molar-refractivity contribution >= 4 is 43.7 Å². The standard InChI is InChI=1S/C64H38N4O/c1-4-16-40(17-5-1)61-65-62(41-18-6-2-7-19-41)67-63(66-61)42-30-28-39(29-31-42)43-32-33-49-58(36-43)69-57-35-34-48-50-37-51-47-24-12-15-27-55(47)68(44-20-8-3-9-21-44)56(51)38-54(50)64(60(48)59(49)57)52-25-13-10-22-45(52)46-23-11-14-26-53(46)64/h1-38H. The van der Waals surface area contributed by atoms with Crippen molar-refractivity contribution in [3.63, 3.8) is 0 Å². The second-order valence-corrected chi connectivity index (χ2v) is 18.2. The highest BCUT2D eigenvalue weighted by molar-refractivity contribution is 6.17. The summed E-state index contributed by atoms with van der Waals surface area (Å²) in [5, 5.41) is 4.75. The summed E-state index contributed by atoms with van der Waals surface area (Å²) in [5.41, 5.74) is 19.9. The Balaban J connectivity index is 0.916. The molecule has 0 saturated heterocycles. The van der Waals surface area contributed by atoms with E-state index in [1.165, 1.54) is 66.3 Å². The Morgan fingerprint density at radius 2 is 0.884 bits per heavy atom. The first-order chi connectivity index (χ1) is 34.2. The predicted octanol–water partition coefficient (Wildman–Crippen LogP) is 15.9. The van der Waals surface area contributed by atoms with Gasteiger partial charge in [-0.25, -0.2) is 15.0 Å². The molecule has 2 aliphatic carbocycles. The molecule has 5 nitrogen and oxygen atoms in total. The van der Waals surface area contributed by atoms with Gasteiger partial charge in [-0.3, -0.25) is 0 Å². The molecule has 0 amide bonds. The molecule has 0 unspecified atom stereocenters. The van der Waals surface area contributed by atoms with Crippen LogP contribution < -0.4 is 0 Å².